The van der Waals surface area contributed by atoms with Crippen LogP contribution in [0.4, 0.5) is 5.69 Å². The summed E-state index contributed by atoms with van der Waals surface area (Å²) in [7, 11) is 1.79. The highest BCUT2D eigenvalue weighted by molar-refractivity contribution is 5.73. The molecule has 0 bridgehead atoms. The maximum absolute atomic E-state index is 11.1. The molecule has 0 aliphatic rings. The molecule has 0 aromatic heterocycles. The first-order valence-corrected chi connectivity index (χ1v) is 4.61. The first kappa shape index (κ1) is 10.6. The molecule has 1 aromatic carbocycles. The van der Waals surface area contributed by atoms with Crippen molar-refractivity contribution in [2.24, 2.45) is 0 Å². The van der Waals surface area contributed by atoms with E-state index in [9.17, 15) is 4.79 Å². The van der Waals surface area contributed by atoms with E-state index in [1.54, 1.807) is 18.9 Å². The van der Waals surface area contributed by atoms with Gasteiger partial charge in [-0.2, -0.15) is 0 Å². The number of nitrogen functional groups attached to an aromatic ring is 1. The summed E-state index contributed by atoms with van der Waals surface area (Å²) in [6, 6.07) is 7.67. The number of amides is 1. The van der Waals surface area contributed by atoms with Crippen molar-refractivity contribution >= 4 is 11.6 Å². The summed E-state index contributed by atoms with van der Waals surface area (Å²) in [5.41, 5.74) is 7.46. The van der Waals surface area contributed by atoms with Crippen LogP contribution < -0.4 is 5.73 Å². The van der Waals surface area contributed by atoms with Crippen molar-refractivity contribution in [3.05, 3.63) is 29.8 Å². The van der Waals surface area contributed by atoms with Crippen molar-refractivity contribution in [3.8, 4) is 0 Å². The molecule has 0 saturated carbocycles. The Morgan fingerprint density at radius 3 is 2.64 bits per heavy atom. The van der Waals surface area contributed by atoms with Crippen LogP contribution in [0.25, 0.3) is 0 Å². The minimum Gasteiger partial charge on any atom is -0.399 e. The summed E-state index contributed by atoms with van der Waals surface area (Å²) in [6.45, 7) is 3.54. The second-order valence-electron chi connectivity index (χ2n) is 3.48. The molecule has 0 spiro atoms. The lowest BCUT2D eigenvalue weighted by molar-refractivity contribution is -0.129. The van der Waals surface area contributed by atoms with Gasteiger partial charge in [-0.3, -0.25) is 4.79 Å². The number of anilines is 1. The molecule has 0 aliphatic heterocycles. The molecule has 0 aliphatic carbocycles. The van der Waals surface area contributed by atoms with Gasteiger partial charge in [0.25, 0.3) is 0 Å². The Bertz CT molecular complexity index is 336. The van der Waals surface area contributed by atoms with Crippen molar-refractivity contribution in [1.82, 2.24) is 4.90 Å². The van der Waals surface area contributed by atoms with Crippen molar-refractivity contribution in [2.75, 3.05) is 12.8 Å². The first-order valence-electron chi connectivity index (χ1n) is 4.61. The summed E-state index contributed by atoms with van der Waals surface area (Å²) in [5.74, 6) is 0.0555. The summed E-state index contributed by atoms with van der Waals surface area (Å²) in [6.07, 6.45) is 0. The van der Waals surface area contributed by atoms with Crippen LogP contribution in [0.3, 0.4) is 0 Å². The Hall–Kier alpha value is -1.51. The Balaban J connectivity index is 2.89. The molecule has 3 heteroatoms. The maximum Gasteiger partial charge on any atom is 0.219 e. The third-order valence-electron chi connectivity index (χ3n) is 2.47. The van der Waals surface area contributed by atoms with E-state index in [2.05, 4.69) is 0 Å². The van der Waals surface area contributed by atoms with Gasteiger partial charge in [-0.05, 0) is 24.6 Å². The molecular weight excluding hydrogens is 176 g/mol. The fourth-order valence-electron chi connectivity index (χ4n) is 1.32. The van der Waals surface area contributed by atoms with E-state index in [4.69, 9.17) is 5.73 Å². The Morgan fingerprint density at radius 1 is 1.50 bits per heavy atom. The van der Waals surface area contributed by atoms with E-state index in [0.717, 1.165) is 11.3 Å². The van der Waals surface area contributed by atoms with Gasteiger partial charge in [-0.15, -0.1) is 0 Å². The molecule has 0 saturated heterocycles. The van der Waals surface area contributed by atoms with Gasteiger partial charge in [-0.25, -0.2) is 0 Å². The van der Waals surface area contributed by atoms with E-state index in [-0.39, 0.29) is 11.9 Å². The summed E-state index contributed by atoms with van der Waals surface area (Å²) in [5, 5.41) is 0. The van der Waals surface area contributed by atoms with Crippen molar-refractivity contribution < 1.29 is 4.79 Å². The minimum absolute atomic E-state index is 0.0555. The van der Waals surface area contributed by atoms with Crippen LogP contribution in [0.2, 0.25) is 0 Å². The van der Waals surface area contributed by atoms with Crippen molar-refractivity contribution in [3.63, 3.8) is 0 Å². The lowest BCUT2D eigenvalue weighted by atomic mass is 10.1. The molecule has 1 amide bonds. The van der Waals surface area contributed by atoms with E-state index >= 15 is 0 Å². The Labute approximate surface area is 84.5 Å². The van der Waals surface area contributed by atoms with E-state index < -0.39 is 0 Å². The Kier molecular flexibility index (Phi) is 3.12. The highest BCUT2D eigenvalue weighted by atomic mass is 16.2. The molecular formula is C11H16N2O. The molecule has 3 nitrogen and oxygen atoms in total. The number of nitrogens with zero attached hydrogens (tertiary/aromatic N) is 1. The number of hydrogen-bond acceptors (Lipinski definition) is 2. The number of nitrogens with two attached hydrogens (primary N) is 1. The monoisotopic (exact) mass is 192 g/mol. The predicted octanol–water partition coefficient (Wildman–Crippen LogP) is 1.81. The van der Waals surface area contributed by atoms with Crippen molar-refractivity contribution in [1.29, 1.82) is 0 Å². The van der Waals surface area contributed by atoms with Crippen LogP contribution in [0.5, 0.6) is 0 Å². The van der Waals surface area contributed by atoms with E-state index in [1.807, 2.05) is 31.2 Å². The number of hydrogen-bond donors (Lipinski definition) is 1. The van der Waals surface area contributed by atoms with Gasteiger partial charge in [0, 0.05) is 19.7 Å². The smallest absolute Gasteiger partial charge is 0.219 e. The SMILES string of the molecule is CC(=O)N(C)C(C)c1cccc(N)c1. The zero-order chi connectivity index (χ0) is 10.7. The molecule has 1 atom stereocenters. The summed E-state index contributed by atoms with van der Waals surface area (Å²) >= 11 is 0. The van der Waals surface area contributed by atoms with Crippen LogP contribution in [0.15, 0.2) is 24.3 Å². The largest absolute Gasteiger partial charge is 0.399 e. The van der Waals surface area contributed by atoms with Gasteiger partial charge in [0.1, 0.15) is 0 Å². The van der Waals surface area contributed by atoms with Gasteiger partial charge >= 0.3 is 0 Å². The van der Waals surface area contributed by atoms with Crippen LogP contribution in [0, 0.1) is 0 Å². The average Bonchev–Trinajstić information content (AvgIpc) is 2.15. The average molecular weight is 192 g/mol. The molecule has 0 radical (unpaired) electrons. The molecule has 14 heavy (non-hydrogen) atoms. The first-order chi connectivity index (χ1) is 6.52. The van der Waals surface area contributed by atoms with Crippen molar-refractivity contribution in [2.45, 2.75) is 19.9 Å². The molecule has 1 unspecified atom stereocenters. The molecule has 1 rings (SSSR count). The van der Waals surface area contributed by atoms with Gasteiger partial charge < -0.3 is 10.6 Å². The number of rotatable bonds is 2. The standard InChI is InChI=1S/C11H16N2O/c1-8(13(3)9(2)14)10-5-4-6-11(12)7-10/h4-8H,12H2,1-3H3. The van der Waals surface area contributed by atoms with Crippen LogP contribution in [-0.4, -0.2) is 17.9 Å². The van der Waals surface area contributed by atoms with Gasteiger partial charge in [0.15, 0.2) is 0 Å². The topological polar surface area (TPSA) is 46.3 Å². The number of carbonyl (C=O) groups excluding carboxylic acids is 1. The fraction of sp³-hybridized carbons (Fsp3) is 0.364. The fourth-order valence-corrected chi connectivity index (χ4v) is 1.32. The third kappa shape index (κ3) is 2.25. The lowest BCUT2D eigenvalue weighted by Crippen LogP contribution is -2.27. The zero-order valence-corrected chi connectivity index (χ0v) is 8.82. The van der Waals surface area contributed by atoms with E-state index in [1.165, 1.54) is 0 Å². The molecule has 0 heterocycles. The maximum atomic E-state index is 11.1. The van der Waals surface area contributed by atoms with E-state index in [0.29, 0.717) is 0 Å². The molecule has 0 fully saturated rings. The summed E-state index contributed by atoms with van der Waals surface area (Å²) in [4.78, 5) is 12.8. The highest BCUT2D eigenvalue weighted by Crippen LogP contribution is 2.20. The zero-order valence-electron chi connectivity index (χ0n) is 8.82. The Morgan fingerprint density at radius 2 is 2.14 bits per heavy atom. The third-order valence-corrected chi connectivity index (χ3v) is 2.47. The second-order valence-corrected chi connectivity index (χ2v) is 3.48. The predicted molar refractivity (Wildman–Crippen MR) is 57.7 cm³/mol. The molecule has 2 N–H and O–H groups in total. The number of carbonyl (C=O) groups is 1. The number of benzene rings is 1. The van der Waals surface area contributed by atoms with Crippen LogP contribution >= 0.6 is 0 Å². The van der Waals surface area contributed by atoms with Gasteiger partial charge in [0.2, 0.25) is 5.91 Å². The van der Waals surface area contributed by atoms with Gasteiger partial charge in [-0.1, -0.05) is 12.1 Å². The van der Waals surface area contributed by atoms with Crippen LogP contribution in [-0.2, 0) is 4.79 Å². The quantitative estimate of drug-likeness (QED) is 0.726. The summed E-state index contributed by atoms with van der Waals surface area (Å²) < 4.78 is 0. The minimum atomic E-state index is 0.0555. The normalized spacial score (nSPS) is 12.2. The van der Waals surface area contributed by atoms with Crippen LogP contribution in [0.1, 0.15) is 25.5 Å². The van der Waals surface area contributed by atoms with Gasteiger partial charge in [0.05, 0.1) is 6.04 Å². The lowest BCUT2D eigenvalue weighted by Gasteiger charge is -2.24. The second kappa shape index (κ2) is 4.13. The molecule has 76 valence electrons. The molecule has 1 aromatic rings. The highest BCUT2D eigenvalue weighted by Gasteiger charge is 2.13.